The summed E-state index contributed by atoms with van der Waals surface area (Å²) in [6, 6.07) is 6.05. The van der Waals surface area contributed by atoms with Crippen molar-refractivity contribution in [2.75, 3.05) is 6.61 Å². The highest BCUT2D eigenvalue weighted by molar-refractivity contribution is 5.10. The zero-order chi connectivity index (χ0) is 16.7. The monoisotopic (exact) mass is 314 g/mol. The van der Waals surface area contributed by atoms with E-state index < -0.39 is 0 Å². The van der Waals surface area contributed by atoms with Gasteiger partial charge < -0.3 is 5.11 Å². The highest BCUT2D eigenvalue weighted by atomic mass is 16.3. The molecule has 2 aromatic heterocycles. The van der Waals surface area contributed by atoms with E-state index in [9.17, 15) is 5.11 Å². The number of aliphatic hydroxyl groups excluding tert-OH is 1. The smallest absolute Gasteiger partial charge is 0.131 e. The second-order valence-corrected chi connectivity index (χ2v) is 6.07. The minimum atomic E-state index is 0.104. The molecule has 2 heterocycles. The van der Waals surface area contributed by atoms with E-state index in [1.165, 1.54) is 0 Å². The van der Waals surface area contributed by atoms with Gasteiger partial charge in [0.05, 0.1) is 12.3 Å². The van der Waals surface area contributed by atoms with Crippen LogP contribution in [0.1, 0.15) is 50.2 Å². The Morgan fingerprint density at radius 1 is 1.17 bits per heavy atom. The quantitative estimate of drug-likeness (QED) is 0.812. The Bertz CT molecular complexity index is 585. The molecule has 0 saturated carbocycles. The molecule has 1 atom stereocenters. The van der Waals surface area contributed by atoms with E-state index >= 15 is 0 Å². The van der Waals surface area contributed by atoms with E-state index in [0.29, 0.717) is 12.5 Å². The summed E-state index contributed by atoms with van der Waals surface area (Å²) in [5.74, 6) is 1.17. The first-order chi connectivity index (χ1) is 11.1. The molecule has 124 valence electrons. The predicted molar refractivity (Wildman–Crippen MR) is 90.8 cm³/mol. The van der Waals surface area contributed by atoms with Crippen LogP contribution in [-0.2, 0) is 13.1 Å². The third-order valence-electron chi connectivity index (χ3n) is 3.92. The largest absolute Gasteiger partial charge is 0.395 e. The summed E-state index contributed by atoms with van der Waals surface area (Å²) in [4.78, 5) is 15.4. The third-order valence-corrected chi connectivity index (χ3v) is 3.92. The maximum atomic E-state index is 9.71. The Balaban J connectivity index is 2.18. The number of hydrogen-bond acceptors (Lipinski definition) is 5. The molecule has 0 aliphatic rings. The first-order valence-corrected chi connectivity index (χ1v) is 8.19. The lowest BCUT2D eigenvalue weighted by Gasteiger charge is -2.29. The van der Waals surface area contributed by atoms with Crippen LogP contribution < -0.4 is 0 Å². The van der Waals surface area contributed by atoms with Crippen LogP contribution in [0.3, 0.4) is 0 Å². The first kappa shape index (κ1) is 17.5. The summed E-state index contributed by atoms with van der Waals surface area (Å²) in [6.45, 7) is 7.85. The number of nitrogens with zero attached hydrogens (tertiary/aromatic N) is 4. The minimum Gasteiger partial charge on any atom is -0.395 e. The van der Waals surface area contributed by atoms with Gasteiger partial charge in [-0.15, -0.1) is 0 Å². The van der Waals surface area contributed by atoms with Gasteiger partial charge in [-0.05, 0) is 24.1 Å². The fraction of sp³-hybridized carbons (Fsp3) is 0.500. The van der Waals surface area contributed by atoms with Gasteiger partial charge in [0.15, 0.2) is 0 Å². The highest BCUT2D eigenvalue weighted by Gasteiger charge is 2.18. The van der Waals surface area contributed by atoms with Crippen molar-refractivity contribution >= 4 is 0 Å². The van der Waals surface area contributed by atoms with Gasteiger partial charge in [-0.2, -0.15) is 0 Å². The van der Waals surface area contributed by atoms with Crippen molar-refractivity contribution in [2.45, 2.75) is 52.2 Å². The van der Waals surface area contributed by atoms with Gasteiger partial charge in [-0.25, -0.2) is 9.97 Å². The van der Waals surface area contributed by atoms with Crippen LogP contribution in [0.25, 0.3) is 0 Å². The zero-order valence-corrected chi connectivity index (χ0v) is 14.2. The van der Waals surface area contributed by atoms with Crippen LogP contribution >= 0.6 is 0 Å². The summed E-state index contributed by atoms with van der Waals surface area (Å²) in [5.41, 5.74) is 2.12. The van der Waals surface area contributed by atoms with Crippen LogP contribution in [0.5, 0.6) is 0 Å². The van der Waals surface area contributed by atoms with Crippen molar-refractivity contribution in [3.63, 3.8) is 0 Å². The molecule has 5 heteroatoms. The molecule has 2 aromatic rings. The van der Waals surface area contributed by atoms with Crippen molar-refractivity contribution in [2.24, 2.45) is 0 Å². The van der Waals surface area contributed by atoms with Crippen LogP contribution in [0, 0.1) is 0 Å². The van der Waals surface area contributed by atoms with Crippen LogP contribution in [0.4, 0.5) is 0 Å². The fourth-order valence-electron chi connectivity index (χ4n) is 2.53. The Labute approximate surface area is 138 Å². The zero-order valence-electron chi connectivity index (χ0n) is 14.2. The normalized spacial score (nSPS) is 12.8. The molecule has 0 aliphatic heterocycles. The SMILES string of the molecule is CC[C@@H](CO)N(Cc1cccnc1)Cc1ccnc(C(C)C)n1. The van der Waals surface area contributed by atoms with Gasteiger partial charge in [-0.1, -0.05) is 26.8 Å². The Morgan fingerprint density at radius 3 is 2.61 bits per heavy atom. The lowest BCUT2D eigenvalue weighted by atomic mass is 10.1. The average Bonchev–Trinajstić information content (AvgIpc) is 2.57. The second kappa shape index (κ2) is 8.70. The fourth-order valence-corrected chi connectivity index (χ4v) is 2.53. The molecule has 1 N–H and O–H groups in total. The molecule has 0 aromatic carbocycles. The van der Waals surface area contributed by atoms with E-state index in [2.05, 4.69) is 46.7 Å². The lowest BCUT2D eigenvalue weighted by Crippen LogP contribution is -2.37. The van der Waals surface area contributed by atoms with Gasteiger partial charge in [0, 0.05) is 43.6 Å². The van der Waals surface area contributed by atoms with Crippen LogP contribution in [0.15, 0.2) is 36.8 Å². The van der Waals surface area contributed by atoms with Gasteiger partial charge in [0.25, 0.3) is 0 Å². The molecule has 2 rings (SSSR count). The van der Waals surface area contributed by atoms with E-state index in [-0.39, 0.29) is 12.6 Å². The maximum absolute atomic E-state index is 9.71. The van der Waals surface area contributed by atoms with Gasteiger partial charge in [-0.3, -0.25) is 9.88 Å². The number of aliphatic hydroxyl groups is 1. The van der Waals surface area contributed by atoms with Gasteiger partial charge in [0.2, 0.25) is 0 Å². The van der Waals surface area contributed by atoms with E-state index in [1.807, 2.05) is 24.5 Å². The lowest BCUT2D eigenvalue weighted by molar-refractivity contribution is 0.105. The number of hydrogen-bond donors (Lipinski definition) is 1. The molecule has 0 radical (unpaired) electrons. The molecular weight excluding hydrogens is 288 g/mol. The number of aromatic nitrogens is 3. The van der Waals surface area contributed by atoms with Gasteiger partial charge >= 0.3 is 0 Å². The Morgan fingerprint density at radius 2 is 2.00 bits per heavy atom. The standard InChI is InChI=1S/C18H26N4O/c1-4-17(13-23)22(11-15-6-5-8-19-10-15)12-16-7-9-20-18(21-16)14(2)3/h5-10,14,17,23H,4,11-13H2,1-3H3/t17-/m0/s1. The van der Waals surface area contributed by atoms with Crippen molar-refractivity contribution in [3.8, 4) is 0 Å². The predicted octanol–water partition coefficient (Wildman–Crippen LogP) is 2.77. The topological polar surface area (TPSA) is 62.1 Å². The van der Waals surface area contributed by atoms with E-state index in [4.69, 9.17) is 0 Å². The Hall–Kier alpha value is -1.85. The molecule has 23 heavy (non-hydrogen) atoms. The maximum Gasteiger partial charge on any atom is 0.131 e. The highest BCUT2D eigenvalue weighted by Crippen LogP contribution is 2.15. The third kappa shape index (κ3) is 5.08. The summed E-state index contributed by atoms with van der Waals surface area (Å²) < 4.78 is 0. The van der Waals surface area contributed by atoms with E-state index in [1.54, 1.807) is 6.20 Å². The molecule has 0 spiro atoms. The Kier molecular flexibility index (Phi) is 6.62. The molecule has 0 aliphatic carbocycles. The summed E-state index contributed by atoms with van der Waals surface area (Å²) in [7, 11) is 0. The minimum absolute atomic E-state index is 0.104. The van der Waals surface area contributed by atoms with E-state index in [0.717, 1.165) is 30.0 Å². The molecule has 0 unspecified atom stereocenters. The van der Waals surface area contributed by atoms with Crippen LogP contribution in [-0.4, -0.2) is 37.6 Å². The molecule has 0 saturated heterocycles. The molecule has 5 nitrogen and oxygen atoms in total. The van der Waals surface area contributed by atoms with Crippen molar-refractivity contribution in [1.82, 2.24) is 19.9 Å². The van der Waals surface area contributed by atoms with Crippen molar-refractivity contribution in [3.05, 3.63) is 53.9 Å². The average molecular weight is 314 g/mol. The van der Waals surface area contributed by atoms with Gasteiger partial charge in [0.1, 0.15) is 5.82 Å². The first-order valence-electron chi connectivity index (χ1n) is 8.19. The second-order valence-electron chi connectivity index (χ2n) is 6.07. The molecule has 0 bridgehead atoms. The van der Waals surface area contributed by atoms with Crippen LogP contribution in [0.2, 0.25) is 0 Å². The summed E-state index contributed by atoms with van der Waals surface area (Å²) in [6.07, 6.45) is 6.35. The number of rotatable bonds is 8. The van der Waals surface area contributed by atoms with Crippen molar-refractivity contribution < 1.29 is 5.11 Å². The summed E-state index contributed by atoms with van der Waals surface area (Å²) >= 11 is 0. The van der Waals surface area contributed by atoms with Crippen molar-refractivity contribution in [1.29, 1.82) is 0 Å². The molecule has 0 amide bonds. The molecular formula is C18H26N4O. The summed E-state index contributed by atoms with van der Waals surface area (Å²) in [5, 5.41) is 9.71. The molecule has 0 fully saturated rings. The number of pyridine rings is 1.